The standard InChI is InChI=1S/C16H18FNO4/c1-10(8-13(19)14-4-3-7-22-14)18-16(20)11-5-6-12(17)15(9-11)21-2/h3-7,9-10,13,19H,8H2,1-2H3,(H,18,20)/t10-,13-/m1/s1. The van der Waals surface area contributed by atoms with E-state index in [1.165, 1.54) is 31.6 Å². The third-order valence-corrected chi connectivity index (χ3v) is 3.24. The summed E-state index contributed by atoms with van der Waals surface area (Å²) >= 11 is 0. The summed E-state index contributed by atoms with van der Waals surface area (Å²) in [5.41, 5.74) is 0.289. The number of aliphatic hydroxyl groups is 1. The molecule has 0 aliphatic carbocycles. The number of amides is 1. The van der Waals surface area contributed by atoms with Crippen LogP contribution in [0.25, 0.3) is 0 Å². The maximum absolute atomic E-state index is 13.3. The molecule has 1 aromatic heterocycles. The van der Waals surface area contributed by atoms with Gasteiger partial charge in [0.15, 0.2) is 11.6 Å². The lowest BCUT2D eigenvalue weighted by Gasteiger charge is -2.17. The fourth-order valence-electron chi connectivity index (χ4n) is 2.10. The van der Waals surface area contributed by atoms with Crippen LogP contribution in [-0.4, -0.2) is 24.2 Å². The van der Waals surface area contributed by atoms with Gasteiger partial charge in [-0.3, -0.25) is 4.79 Å². The van der Waals surface area contributed by atoms with Gasteiger partial charge in [-0.2, -0.15) is 0 Å². The lowest BCUT2D eigenvalue weighted by atomic mass is 10.1. The normalized spacial score (nSPS) is 13.5. The van der Waals surface area contributed by atoms with Gasteiger partial charge in [-0.15, -0.1) is 0 Å². The maximum atomic E-state index is 13.3. The number of halogens is 1. The SMILES string of the molecule is COc1cc(C(=O)N[C@H](C)C[C@@H](O)c2ccco2)ccc1F. The van der Waals surface area contributed by atoms with E-state index in [1.54, 1.807) is 19.1 Å². The average molecular weight is 307 g/mol. The van der Waals surface area contributed by atoms with E-state index in [2.05, 4.69) is 5.32 Å². The molecule has 0 fully saturated rings. The summed E-state index contributed by atoms with van der Waals surface area (Å²) in [5.74, 6) is -0.432. The summed E-state index contributed by atoms with van der Waals surface area (Å²) in [5, 5.41) is 12.7. The Kier molecular flexibility index (Phi) is 5.16. The number of methoxy groups -OCH3 is 1. The van der Waals surface area contributed by atoms with E-state index in [9.17, 15) is 14.3 Å². The number of carbonyl (C=O) groups is 1. The van der Waals surface area contributed by atoms with Crippen LogP contribution in [0.5, 0.6) is 5.75 Å². The molecule has 2 atom stereocenters. The first kappa shape index (κ1) is 16.0. The molecule has 1 heterocycles. The Labute approximate surface area is 127 Å². The quantitative estimate of drug-likeness (QED) is 0.860. The van der Waals surface area contributed by atoms with E-state index in [1.807, 2.05) is 0 Å². The highest BCUT2D eigenvalue weighted by molar-refractivity contribution is 5.94. The highest BCUT2D eigenvalue weighted by Crippen LogP contribution is 2.20. The molecule has 1 amide bonds. The predicted molar refractivity (Wildman–Crippen MR) is 78.2 cm³/mol. The number of hydrogen-bond donors (Lipinski definition) is 2. The second kappa shape index (κ2) is 7.09. The minimum Gasteiger partial charge on any atom is -0.494 e. The van der Waals surface area contributed by atoms with Crippen molar-refractivity contribution in [1.29, 1.82) is 0 Å². The molecule has 0 radical (unpaired) electrons. The topological polar surface area (TPSA) is 71.7 Å². The number of rotatable bonds is 6. The van der Waals surface area contributed by atoms with Crippen LogP contribution >= 0.6 is 0 Å². The molecule has 22 heavy (non-hydrogen) atoms. The third-order valence-electron chi connectivity index (χ3n) is 3.24. The molecule has 0 spiro atoms. The molecule has 0 aliphatic heterocycles. The number of furan rings is 1. The van der Waals surface area contributed by atoms with Crippen molar-refractivity contribution in [2.75, 3.05) is 7.11 Å². The zero-order valence-electron chi connectivity index (χ0n) is 12.4. The first-order valence-corrected chi connectivity index (χ1v) is 6.87. The molecule has 1 aromatic carbocycles. The predicted octanol–water partition coefficient (Wildman–Crippen LogP) is 2.67. The smallest absolute Gasteiger partial charge is 0.251 e. The van der Waals surface area contributed by atoms with Crippen molar-refractivity contribution in [3.63, 3.8) is 0 Å². The van der Waals surface area contributed by atoms with E-state index >= 15 is 0 Å². The first-order valence-electron chi connectivity index (χ1n) is 6.87. The van der Waals surface area contributed by atoms with Crippen molar-refractivity contribution in [2.45, 2.75) is 25.5 Å². The number of nitrogens with one attached hydrogen (secondary N) is 1. The summed E-state index contributed by atoms with van der Waals surface area (Å²) < 4.78 is 23.3. The molecule has 2 rings (SSSR count). The molecule has 0 saturated carbocycles. The van der Waals surface area contributed by atoms with Gasteiger partial charge in [-0.1, -0.05) is 0 Å². The summed E-state index contributed by atoms with van der Waals surface area (Å²) in [6.45, 7) is 1.77. The van der Waals surface area contributed by atoms with E-state index in [4.69, 9.17) is 9.15 Å². The van der Waals surface area contributed by atoms with E-state index in [-0.39, 0.29) is 23.3 Å². The molecule has 118 valence electrons. The average Bonchev–Trinajstić information content (AvgIpc) is 3.01. The molecule has 2 aromatic rings. The van der Waals surface area contributed by atoms with Crippen molar-refractivity contribution in [3.05, 3.63) is 53.7 Å². The second-order valence-corrected chi connectivity index (χ2v) is 4.99. The Morgan fingerprint density at radius 2 is 2.23 bits per heavy atom. The molecule has 2 N–H and O–H groups in total. The van der Waals surface area contributed by atoms with Crippen molar-refractivity contribution >= 4 is 5.91 Å². The van der Waals surface area contributed by atoms with E-state index in [0.717, 1.165) is 0 Å². The number of carbonyl (C=O) groups excluding carboxylic acids is 1. The number of benzene rings is 1. The molecule has 0 bridgehead atoms. The number of ether oxygens (including phenoxy) is 1. The molecular formula is C16H18FNO4. The van der Waals surface area contributed by atoms with Crippen LogP contribution in [0.1, 0.15) is 35.6 Å². The van der Waals surface area contributed by atoms with Gasteiger partial charge in [0.1, 0.15) is 11.9 Å². The Morgan fingerprint density at radius 3 is 2.86 bits per heavy atom. The van der Waals surface area contributed by atoms with Crippen molar-refractivity contribution in [1.82, 2.24) is 5.32 Å². The zero-order valence-corrected chi connectivity index (χ0v) is 12.4. The van der Waals surface area contributed by atoms with Crippen LogP contribution in [0, 0.1) is 5.82 Å². The van der Waals surface area contributed by atoms with E-state index < -0.39 is 11.9 Å². The number of aliphatic hydroxyl groups excluding tert-OH is 1. The second-order valence-electron chi connectivity index (χ2n) is 4.99. The highest BCUT2D eigenvalue weighted by Gasteiger charge is 2.17. The first-order chi connectivity index (χ1) is 10.5. The maximum Gasteiger partial charge on any atom is 0.251 e. The number of hydrogen-bond acceptors (Lipinski definition) is 4. The molecule has 0 unspecified atom stereocenters. The third kappa shape index (κ3) is 3.85. The fourth-order valence-corrected chi connectivity index (χ4v) is 2.10. The summed E-state index contributed by atoms with van der Waals surface area (Å²) in [4.78, 5) is 12.1. The van der Waals surface area contributed by atoms with Crippen LogP contribution < -0.4 is 10.1 Å². The molecule has 0 saturated heterocycles. The molecule has 0 aliphatic rings. The van der Waals surface area contributed by atoms with Crippen molar-refractivity contribution in [2.24, 2.45) is 0 Å². The Balaban J connectivity index is 1.96. The van der Waals surface area contributed by atoms with Gasteiger partial charge in [0.25, 0.3) is 5.91 Å². The molecular weight excluding hydrogens is 289 g/mol. The van der Waals surface area contributed by atoms with Gasteiger partial charge in [0.05, 0.1) is 13.4 Å². The molecule has 6 heteroatoms. The van der Waals surface area contributed by atoms with Crippen molar-refractivity contribution in [3.8, 4) is 5.75 Å². The van der Waals surface area contributed by atoms with Crippen molar-refractivity contribution < 1.29 is 23.4 Å². The van der Waals surface area contributed by atoms with Gasteiger partial charge < -0.3 is 19.6 Å². The van der Waals surface area contributed by atoms with Gasteiger partial charge >= 0.3 is 0 Å². The minimum atomic E-state index is -0.798. The Hall–Kier alpha value is -2.34. The Bertz CT molecular complexity index is 627. The lowest BCUT2D eigenvalue weighted by molar-refractivity contribution is 0.0902. The fraction of sp³-hybridized carbons (Fsp3) is 0.312. The van der Waals surface area contributed by atoms with Gasteiger partial charge in [-0.25, -0.2) is 4.39 Å². The summed E-state index contributed by atoms with van der Waals surface area (Å²) in [7, 11) is 1.34. The lowest BCUT2D eigenvalue weighted by Crippen LogP contribution is -2.33. The summed E-state index contributed by atoms with van der Waals surface area (Å²) in [6.07, 6.45) is 0.984. The van der Waals surface area contributed by atoms with Crippen LogP contribution in [-0.2, 0) is 0 Å². The highest BCUT2D eigenvalue weighted by atomic mass is 19.1. The van der Waals surface area contributed by atoms with Crippen LogP contribution in [0.2, 0.25) is 0 Å². The summed E-state index contributed by atoms with van der Waals surface area (Å²) in [6, 6.07) is 6.96. The van der Waals surface area contributed by atoms with E-state index in [0.29, 0.717) is 12.2 Å². The monoisotopic (exact) mass is 307 g/mol. The van der Waals surface area contributed by atoms with Gasteiger partial charge in [0.2, 0.25) is 0 Å². The largest absolute Gasteiger partial charge is 0.494 e. The van der Waals surface area contributed by atoms with Crippen LogP contribution in [0.4, 0.5) is 4.39 Å². The molecule has 5 nitrogen and oxygen atoms in total. The minimum absolute atomic E-state index is 0.0101. The van der Waals surface area contributed by atoms with Gasteiger partial charge in [0, 0.05) is 18.0 Å². The van der Waals surface area contributed by atoms with Gasteiger partial charge in [-0.05, 0) is 37.3 Å². The van der Waals surface area contributed by atoms with Crippen LogP contribution in [0.15, 0.2) is 41.0 Å². The zero-order chi connectivity index (χ0) is 16.1. The Morgan fingerprint density at radius 1 is 1.45 bits per heavy atom. The van der Waals surface area contributed by atoms with Crippen LogP contribution in [0.3, 0.4) is 0 Å².